The largest absolute Gasteiger partial charge is 0.423 e. The van der Waals surface area contributed by atoms with Crippen LogP contribution in [0, 0.1) is 11.3 Å². The predicted octanol–water partition coefficient (Wildman–Crippen LogP) is 1.61. The Labute approximate surface area is 74.4 Å². The molecule has 62 valence electrons. The van der Waals surface area contributed by atoms with E-state index in [1.807, 2.05) is 6.07 Å². The van der Waals surface area contributed by atoms with Crippen molar-refractivity contribution in [3.8, 4) is 17.5 Å². The summed E-state index contributed by atoms with van der Waals surface area (Å²) in [4.78, 5) is 0. The molecule has 0 radical (unpaired) electrons. The first-order valence-electron chi connectivity index (χ1n) is 3.67. The van der Waals surface area contributed by atoms with Crippen molar-refractivity contribution in [2.75, 3.05) is 0 Å². The highest BCUT2D eigenvalue weighted by atomic mass is 16.4. The van der Waals surface area contributed by atoms with Crippen molar-refractivity contribution in [2.45, 2.75) is 0 Å². The van der Waals surface area contributed by atoms with Gasteiger partial charge >= 0.3 is 0 Å². The van der Waals surface area contributed by atoms with E-state index in [9.17, 15) is 0 Å². The van der Waals surface area contributed by atoms with E-state index in [1.54, 1.807) is 18.2 Å². The third kappa shape index (κ3) is 1.27. The summed E-state index contributed by atoms with van der Waals surface area (Å²) in [6.45, 7) is 0. The molecule has 0 aliphatic heterocycles. The van der Waals surface area contributed by atoms with E-state index in [0.29, 0.717) is 17.0 Å². The Morgan fingerprint density at radius 2 is 2.15 bits per heavy atom. The quantitative estimate of drug-likeness (QED) is 0.653. The first-order chi connectivity index (χ1) is 6.42. The molecule has 4 heteroatoms. The van der Waals surface area contributed by atoms with Crippen molar-refractivity contribution in [1.82, 2.24) is 10.2 Å². The molecule has 0 atom stereocenters. The summed E-state index contributed by atoms with van der Waals surface area (Å²) in [7, 11) is 0. The molecule has 0 N–H and O–H groups in total. The van der Waals surface area contributed by atoms with Crippen LogP contribution in [0.5, 0.6) is 0 Å². The Morgan fingerprint density at radius 1 is 1.31 bits per heavy atom. The van der Waals surface area contributed by atoms with Crippen molar-refractivity contribution in [1.29, 1.82) is 5.26 Å². The van der Waals surface area contributed by atoms with Gasteiger partial charge in [-0.3, -0.25) is 0 Å². The molecule has 0 unspecified atom stereocenters. The number of hydrogen-bond donors (Lipinski definition) is 0. The first kappa shape index (κ1) is 7.50. The molecule has 0 bridgehead atoms. The lowest BCUT2D eigenvalue weighted by molar-refractivity contribution is 0.568. The first-order valence-corrected chi connectivity index (χ1v) is 3.67. The Bertz CT molecular complexity index is 442. The van der Waals surface area contributed by atoms with E-state index in [-0.39, 0.29) is 0 Å². The van der Waals surface area contributed by atoms with Gasteiger partial charge in [0.15, 0.2) is 0 Å². The van der Waals surface area contributed by atoms with E-state index < -0.39 is 0 Å². The van der Waals surface area contributed by atoms with E-state index >= 15 is 0 Å². The lowest BCUT2D eigenvalue weighted by Gasteiger charge is -1.95. The number of rotatable bonds is 1. The number of benzene rings is 1. The summed E-state index contributed by atoms with van der Waals surface area (Å²) in [6.07, 6.45) is 1.24. The van der Waals surface area contributed by atoms with E-state index in [4.69, 9.17) is 9.68 Å². The fraction of sp³-hybridized carbons (Fsp3) is 0. The van der Waals surface area contributed by atoms with Crippen LogP contribution in [0.25, 0.3) is 11.5 Å². The number of nitrogens with zero attached hydrogens (tertiary/aromatic N) is 3. The molecule has 13 heavy (non-hydrogen) atoms. The monoisotopic (exact) mass is 171 g/mol. The second-order valence-corrected chi connectivity index (χ2v) is 2.40. The minimum atomic E-state index is 0.372. The average Bonchev–Trinajstić information content (AvgIpc) is 2.70. The molecule has 2 rings (SSSR count). The van der Waals surface area contributed by atoms with E-state index in [1.165, 1.54) is 6.39 Å². The van der Waals surface area contributed by atoms with Gasteiger partial charge in [-0.2, -0.15) is 5.26 Å². The van der Waals surface area contributed by atoms with Gasteiger partial charge in [-0.25, -0.2) is 0 Å². The van der Waals surface area contributed by atoms with Crippen LogP contribution < -0.4 is 0 Å². The summed E-state index contributed by atoms with van der Waals surface area (Å²) in [5, 5.41) is 16.1. The normalized spacial score (nSPS) is 9.46. The molecule has 1 heterocycles. The molecule has 0 saturated heterocycles. The molecule has 0 fully saturated rings. The molecule has 2 aromatic rings. The minimum Gasteiger partial charge on any atom is -0.423 e. The van der Waals surface area contributed by atoms with E-state index in [0.717, 1.165) is 0 Å². The molecule has 0 spiro atoms. The van der Waals surface area contributed by atoms with Gasteiger partial charge in [0.1, 0.15) is 0 Å². The zero-order chi connectivity index (χ0) is 9.10. The van der Waals surface area contributed by atoms with Crippen LogP contribution in [-0.2, 0) is 0 Å². The predicted molar refractivity (Wildman–Crippen MR) is 44.4 cm³/mol. The van der Waals surface area contributed by atoms with Crippen molar-refractivity contribution >= 4 is 0 Å². The lowest BCUT2D eigenvalue weighted by Crippen LogP contribution is -1.83. The van der Waals surface area contributed by atoms with Crippen molar-refractivity contribution in [3.05, 3.63) is 36.2 Å². The third-order valence-electron chi connectivity index (χ3n) is 1.64. The number of nitriles is 1. The van der Waals surface area contributed by atoms with Crippen LogP contribution in [0.3, 0.4) is 0 Å². The minimum absolute atomic E-state index is 0.372. The molecule has 1 aromatic carbocycles. The highest BCUT2D eigenvalue weighted by molar-refractivity contribution is 5.62. The highest BCUT2D eigenvalue weighted by Crippen LogP contribution is 2.19. The Hall–Kier alpha value is -2.15. The van der Waals surface area contributed by atoms with Crippen molar-refractivity contribution < 1.29 is 4.42 Å². The molecular weight excluding hydrogens is 166 g/mol. The maximum atomic E-state index is 8.78. The smallest absolute Gasteiger partial charge is 0.248 e. The standard InChI is InChI=1S/C9H5N3O/c10-5-7-3-1-2-4-8(7)9-12-11-6-13-9/h1-4,6H. The van der Waals surface area contributed by atoms with Crippen LogP contribution in [0.4, 0.5) is 0 Å². The van der Waals surface area contributed by atoms with Gasteiger partial charge in [0, 0.05) is 0 Å². The van der Waals surface area contributed by atoms with Gasteiger partial charge < -0.3 is 4.42 Å². The Morgan fingerprint density at radius 3 is 2.85 bits per heavy atom. The highest BCUT2D eigenvalue weighted by Gasteiger charge is 2.07. The SMILES string of the molecule is N#Cc1ccccc1-c1nnco1. The molecular formula is C9H5N3O. The van der Waals surface area contributed by atoms with Crippen LogP contribution in [0.2, 0.25) is 0 Å². The number of hydrogen-bond acceptors (Lipinski definition) is 4. The average molecular weight is 171 g/mol. The summed E-state index contributed by atoms with van der Waals surface area (Å²) in [6, 6.07) is 9.14. The topological polar surface area (TPSA) is 62.7 Å². The second-order valence-electron chi connectivity index (χ2n) is 2.40. The Balaban J connectivity index is 2.59. The van der Waals surface area contributed by atoms with Gasteiger partial charge in [0.25, 0.3) is 0 Å². The van der Waals surface area contributed by atoms with Crippen LogP contribution in [0.15, 0.2) is 35.1 Å². The van der Waals surface area contributed by atoms with Gasteiger partial charge in [-0.15, -0.1) is 10.2 Å². The van der Waals surface area contributed by atoms with Crippen LogP contribution in [0.1, 0.15) is 5.56 Å². The van der Waals surface area contributed by atoms with Crippen LogP contribution in [-0.4, -0.2) is 10.2 Å². The molecule has 0 amide bonds. The maximum Gasteiger partial charge on any atom is 0.248 e. The molecule has 0 saturated carbocycles. The summed E-state index contributed by atoms with van der Waals surface area (Å²) in [5.74, 6) is 0.372. The summed E-state index contributed by atoms with van der Waals surface area (Å²) >= 11 is 0. The zero-order valence-corrected chi connectivity index (χ0v) is 6.64. The molecule has 4 nitrogen and oxygen atoms in total. The fourth-order valence-electron chi connectivity index (χ4n) is 1.06. The van der Waals surface area contributed by atoms with Gasteiger partial charge in [-0.05, 0) is 12.1 Å². The van der Waals surface area contributed by atoms with Crippen molar-refractivity contribution in [3.63, 3.8) is 0 Å². The van der Waals surface area contributed by atoms with Crippen LogP contribution >= 0.6 is 0 Å². The van der Waals surface area contributed by atoms with Gasteiger partial charge in [0.05, 0.1) is 17.2 Å². The summed E-state index contributed by atoms with van der Waals surface area (Å²) < 4.78 is 4.99. The molecule has 0 aliphatic carbocycles. The molecule has 0 aliphatic rings. The van der Waals surface area contributed by atoms with E-state index in [2.05, 4.69) is 16.3 Å². The van der Waals surface area contributed by atoms with Gasteiger partial charge in [-0.1, -0.05) is 12.1 Å². The Kier molecular flexibility index (Phi) is 1.77. The second kappa shape index (κ2) is 3.07. The van der Waals surface area contributed by atoms with Crippen molar-refractivity contribution in [2.24, 2.45) is 0 Å². The van der Waals surface area contributed by atoms with Gasteiger partial charge in [0.2, 0.25) is 12.3 Å². The fourth-order valence-corrected chi connectivity index (χ4v) is 1.06. The lowest BCUT2D eigenvalue weighted by atomic mass is 10.1. The summed E-state index contributed by atoms with van der Waals surface area (Å²) in [5.41, 5.74) is 1.20. The molecule has 1 aromatic heterocycles. The third-order valence-corrected chi connectivity index (χ3v) is 1.64. The maximum absolute atomic E-state index is 8.78. The zero-order valence-electron chi connectivity index (χ0n) is 6.64. The number of aromatic nitrogens is 2.